The van der Waals surface area contributed by atoms with Crippen LogP contribution >= 0.6 is 11.3 Å². The number of rotatable bonds is 6. The van der Waals surface area contributed by atoms with Crippen molar-refractivity contribution in [1.29, 1.82) is 0 Å². The Kier molecular flexibility index (Phi) is 5.17. The molecule has 0 aromatic carbocycles. The minimum atomic E-state index is -0.0815. The van der Waals surface area contributed by atoms with Crippen LogP contribution < -0.4 is 0 Å². The van der Waals surface area contributed by atoms with Gasteiger partial charge in [-0.25, -0.2) is 0 Å². The molecule has 0 amide bonds. The number of nitrogens with zero attached hydrogens (tertiary/aromatic N) is 1. The fourth-order valence-electron chi connectivity index (χ4n) is 3.36. The summed E-state index contributed by atoms with van der Waals surface area (Å²) < 4.78 is 0. The third-order valence-corrected chi connectivity index (χ3v) is 5.22. The second-order valence-electron chi connectivity index (χ2n) is 6.25. The first kappa shape index (κ1) is 14.7. The van der Waals surface area contributed by atoms with Gasteiger partial charge in [0.15, 0.2) is 0 Å². The van der Waals surface area contributed by atoms with Gasteiger partial charge >= 0.3 is 0 Å². The van der Waals surface area contributed by atoms with Crippen molar-refractivity contribution in [2.45, 2.75) is 39.0 Å². The average molecular weight is 279 g/mol. The molecule has 2 rings (SSSR count). The van der Waals surface area contributed by atoms with Gasteiger partial charge in [-0.05, 0) is 43.7 Å². The molecule has 2 nitrogen and oxygen atoms in total. The van der Waals surface area contributed by atoms with Gasteiger partial charge in [-0.15, -0.1) is 11.3 Å². The predicted octanol–water partition coefficient (Wildman–Crippen LogP) is 3.62. The summed E-state index contributed by atoms with van der Waals surface area (Å²) >= 11 is 1.82. The van der Waals surface area contributed by atoms with Gasteiger partial charge < -0.3 is 9.69 Å². The molecule has 1 aromatic heterocycles. The van der Waals surface area contributed by atoms with Gasteiger partial charge in [-0.2, -0.15) is 0 Å². The fraction of sp³-hybridized carbons (Fsp3) is 0.688. The lowest BCUT2D eigenvalue weighted by atomic mass is 9.71. The van der Waals surface area contributed by atoms with E-state index in [2.05, 4.69) is 36.4 Å². The number of carbonyl (C=O) groups excluding carboxylic acids is 1. The van der Waals surface area contributed by atoms with Gasteiger partial charge in [-0.3, -0.25) is 0 Å². The summed E-state index contributed by atoms with van der Waals surface area (Å²) in [6.45, 7) is 4.25. The van der Waals surface area contributed by atoms with Crippen LogP contribution in [-0.4, -0.2) is 31.3 Å². The van der Waals surface area contributed by atoms with E-state index in [0.29, 0.717) is 5.92 Å². The molecule has 0 radical (unpaired) electrons. The molecule has 1 fully saturated rings. The molecule has 0 N–H and O–H groups in total. The number of aldehydes is 1. The number of likely N-dealkylation sites (N-methyl/N-ethyl adjacent to an activating group) is 1. The molecule has 3 heteroatoms. The van der Waals surface area contributed by atoms with Crippen LogP contribution in [0.4, 0.5) is 0 Å². The van der Waals surface area contributed by atoms with Crippen molar-refractivity contribution >= 4 is 17.6 Å². The standard InChI is InChI=1S/C16H25NOS/c1-14-5-3-8-16(11-14,13-18)12-17(2)9-7-15-6-4-10-19-15/h4,6,10,13-14H,3,5,7-9,11-12H2,1-2H3. The zero-order chi connectivity index (χ0) is 13.7. The third-order valence-electron chi connectivity index (χ3n) is 4.28. The van der Waals surface area contributed by atoms with Crippen LogP contribution in [0.25, 0.3) is 0 Å². The monoisotopic (exact) mass is 279 g/mol. The summed E-state index contributed by atoms with van der Waals surface area (Å²) in [5.74, 6) is 0.699. The summed E-state index contributed by atoms with van der Waals surface area (Å²) in [7, 11) is 2.15. The highest BCUT2D eigenvalue weighted by Crippen LogP contribution is 2.38. The second-order valence-corrected chi connectivity index (χ2v) is 7.28. The van der Waals surface area contributed by atoms with Crippen molar-refractivity contribution in [3.63, 3.8) is 0 Å². The van der Waals surface area contributed by atoms with Gasteiger partial charge in [0.1, 0.15) is 6.29 Å². The zero-order valence-corrected chi connectivity index (χ0v) is 12.9. The molecule has 0 bridgehead atoms. The SMILES string of the molecule is CC1CCCC(C=O)(CN(C)CCc2cccs2)C1. The van der Waals surface area contributed by atoms with Crippen molar-refractivity contribution in [3.8, 4) is 0 Å². The van der Waals surface area contributed by atoms with Crippen molar-refractivity contribution in [2.75, 3.05) is 20.1 Å². The maximum atomic E-state index is 11.6. The van der Waals surface area contributed by atoms with Gasteiger partial charge in [0.2, 0.25) is 0 Å². The molecule has 2 atom stereocenters. The van der Waals surface area contributed by atoms with E-state index >= 15 is 0 Å². The molecule has 0 aliphatic heterocycles. The lowest BCUT2D eigenvalue weighted by Crippen LogP contribution is -2.40. The second kappa shape index (κ2) is 6.67. The minimum Gasteiger partial charge on any atom is -0.305 e. The Hall–Kier alpha value is -0.670. The first-order chi connectivity index (χ1) is 9.13. The Balaban J connectivity index is 1.85. The molecule has 1 aliphatic carbocycles. The van der Waals surface area contributed by atoms with E-state index in [0.717, 1.165) is 32.4 Å². The topological polar surface area (TPSA) is 20.3 Å². The normalized spacial score (nSPS) is 27.6. The maximum Gasteiger partial charge on any atom is 0.127 e. The summed E-state index contributed by atoms with van der Waals surface area (Å²) in [5.41, 5.74) is -0.0815. The Labute approximate surface area is 120 Å². The van der Waals surface area contributed by atoms with Crippen molar-refractivity contribution in [1.82, 2.24) is 4.90 Å². The molecule has 1 saturated carbocycles. The van der Waals surface area contributed by atoms with Gasteiger partial charge in [0.25, 0.3) is 0 Å². The van der Waals surface area contributed by atoms with Crippen LogP contribution in [0, 0.1) is 11.3 Å². The Morgan fingerprint density at radius 2 is 2.42 bits per heavy atom. The van der Waals surface area contributed by atoms with Crippen molar-refractivity contribution < 1.29 is 4.79 Å². The molecule has 19 heavy (non-hydrogen) atoms. The first-order valence-corrected chi connectivity index (χ1v) is 8.19. The quantitative estimate of drug-likeness (QED) is 0.741. The Bertz CT molecular complexity index is 389. The van der Waals surface area contributed by atoms with Gasteiger partial charge in [0, 0.05) is 23.4 Å². The van der Waals surface area contributed by atoms with Crippen LogP contribution in [0.5, 0.6) is 0 Å². The molecule has 0 spiro atoms. The van der Waals surface area contributed by atoms with E-state index in [-0.39, 0.29) is 5.41 Å². The van der Waals surface area contributed by atoms with Crippen LogP contribution in [-0.2, 0) is 11.2 Å². The fourth-order valence-corrected chi connectivity index (χ4v) is 4.06. The Morgan fingerprint density at radius 1 is 1.58 bits per heavy atom. The van der Waals surface area contributed by atoms with E-state index in [1.807, 2.05) is 11.3 Å². The van der Waals surface area contributed by atoms with Crippen LogP contribution in [0.15, 0.2) is 17.5 Å². The molecule has 1 aliphatic rings. The van der Waals surface area contributed by atoms with Gasteiger partial charge in [-0.1, -0.05) is 25.8 Å². The van der Waals surface area contributed by atoms with Crippen molar-refractivity contribution in [3.05, 3.63) is 22.4 Å². The van der Waals surface area contributed by atoms with Crippen molar-refractivity contribution in [2.24, 2.45) is 11.3 Å². The largest absolute Gasteiger partial charge is 0.305 e. The highest BCUT2D eigenvalue weighted by Gasteiger charge is 2.35. The highest BCUT2D eigenvalue weighted by molar-refractivity contribution is 7.09. The van der Waals surface area contributed by atoms with E-state index in [9.17, 15) is 4.79 Å². The zero-order valence-electron chi connectivity index (χ0n) is 12.1. The third kappa shape index (κ3) is 4.15. The van der Waals surface area contributed by atoms with E-state index in [1.165, 1.54) is 24.0 Å². The molecule has 0 saturated heterocycles. The molecule has 1 aromatic rings. The summed E-state index contributed by atoms with van der Waals surface area (Å²) in [6.07, 6.45) is 6.97. The number of hydrogen-bond acceptors (Lipinski definition) is 3. The lowest BCUT2D eigenvalue weighted by molar-refractivity contribution is -0.119. The maximum absolute atomic E-state index is 11.6. The van der Waals surface area contributed by atoms with Crippen LogP contribution in [0.1, 0.15) is 37.5 Å². The molecule has 2 unspecified atom stereocenters. The first-order valence-electron chi connectivity index (χ1n) is 7.31. The summed E-state index contributed by atoms with van der Waals surface area (Å²) in [5, 5.41) is 2.13. The van der Waals surface area contributed by atoms with E-state index < -0.39 is 0 Å². The summed E-state index contributed by atoms with van der Waals surface area (Å²) in [6, 6.07) is 4.30. The van der Waals surface area contributed by atoms with Gasteiger partial charge in [0.05, 0.1) is 0 Å². The smallest absolute Gasteiger partial charge is 0.127 e. The van der Waals surface area contributed by atoms with E-state index in [4.69, 9.17) is 0 Å². The molecule has 106 valence electrons. The van der Waals surface area contributed by atoms with Crippen LogP contribution in [0.3, 0.4) is 0 Å². The minimum absolute atomic E-state index is 0.0815. The van der Waals surface area contributed by atoms with E-state index in [1.54, 1.807) is 0 Å². The lowest BCUT2D eigenvalue weighted by Gasteiger charge is -2.38. The molecule has 1 heterocycles. The number of thiophene rings is 1. The number of hydrogen-bond donors (Lipinski definition) is 0. The Morgan fingerprint density at radius 3 is 3.05 bits per heavy atom. The molecular weight excluding hydrogens is 254 g/mol. The highest BCUT2D eigenvalue weighted by atomic mass is 32.1. The predicted molar refractivity (Wildman–Crippen MR) is 81.6 cm³/mol. The van der Waals surface area contributed by atoms with Crippen LogP contribution in [0.2, 0.25) is 0 Å². The number of carbonyl (C=O) groups is 1. The average Bonchev–Trinajstić information content (AvgIpc) is 2.89. The molecular formula is C16H25NOS. The summed E-state index contributed by atoms with van der Waals surface area (Å²) in [4.78, 5) is 15.3.